The molecule has 4 nitrogen and oxygen atoms in total. The molecule has 0 atom stereocenters. The van der Waals surface area contributed by atoms with E-state index in [1.54, 1.807) is 27.7 Å². The predicted molar refractivity (Wildman–Crippen MR) is 69.6 cm³/mol. The van der Waals surface area contributed by atoms with Crippen molar-refractivity contribution in [2.75, 3.05) is 20.1 Å². The smallest absolute Gasteiger partial charge is 0.423 e. The Labute approximate surface area is 104 Å². The Hall–Kier alpha value is -0.355. The van der Waals surface area contributed by atoms with Crippen molar-refractivity contribution >= 4 is 7.12 Å². The van der Waals surface area contributed by atoms with Gasteiger partial charge in [-0.25, -0.2) is 0 Å². The second-order valence-corrected chi connectivity index (χ2v) is 5.83. The minimum absolute atomic E-state index is 0.795. The van der Waals surface area contributed by atoms with Crippen molar-refractivity contribution < 1.29 is 14.8 Å². The number of hydrogen-bond acceptors (Lipinski definition) is 4. The molecule has 0 aromatic rings. The summed E-state index contributed by atoms with van der Waals surface area (Å²) in [5.74, 6) is 0. The maximum atomic E-state index is 10.0. The molecular weight excluding hydrogens is 217 g/mol. The Morgan fingerprint density at radius 3 is 2.35 bits per heavy atom. The van der Waals surface area contributed by atoms with E-state index >= 15 is 0 Å². The largest absolute Gasteiger partial charge is 0.487 e. The van der Waals surface area contributed by atoms with Crippen molar-refractivity contribution in [2.24, 2.45) is 0 Å². The van der Waals surface area contributed by atoms with Gasteiger partial charge in [0.05, 0.1) is 11.2 Å². The summed E-state index contributed by atoms with van der Waals surface area (Å²) in [5.41, 5.74) is -0.892. The second-order valence-electron chi connectivity index (χ2n) is 5.83. The van der Waals surface area contributed by atoms with E-state index in [0.29, 0.717) is 0 Å². The predicted octanol–water partition coefficient (Wildman–Crippen LogP) is 0.834. The first-order valence-corrected chi connectivity index (χ1v) is 6.09. The SMILES string of the molecule is CN1CC=C(B(O)OC(C)(C)C(C)(C)O)CC1. The fourth-order valence-corrected chi connectivity index (χ4v) is 1.51. The number of likely N-dealkylation sites (N-methyl/N-ethyl adjacent to an activating group) is 1. The normalized spacial score (nSPS) is 19.1. The maximum Gasteiger partial charge on any atom is 0.487 e. The van der Waals surface area contributed by atoms with Gasteiger partial charge in [0.15, 0.2) is 0 Å². The zero-order valence-electron chi connectivity index (χ0n) is 11.5. The lowest BCUT2D eigenvalue weighted by Crippen LogP contribution is -2.51. The molecule has 0 radical (unpaired) electrons. The molecule has 0 saturated carbocycles. The van der Waals surface area contributed by atoms with E-state index in [2.05, 4.69) is 4.90 Å². The first kappa shape index (κ1) is 14.7. The van der Waals surface area contributed by atoms with Crippen LogP contribution in [0.2, 0.25) is 0 Å². The molecule has 17 heavy (non-hydrogen) atoms. The van der Waals surface area contributed by atoms with Crippen molar-refractivity contribution in [1.29, 1.82) is 0 Å². The summed E-state index contributed by atoms with van der Waals surface area (Å²) >= 11 is 0. The van der Waals surface area contributed by atoms with Crippen LogP contribution in [0.25, 0.3) is 0 Å². The third-order valence-corrected chi connectivity index (χ3v) is 3.64. The van der Waals surface area contributed by atoms with Crippen molar-refractivity contribution in [3.63, 3.8) is 0 Å². The van der Waals surface area contributed by atoms with Crippen LogP contribution in [-0.4, -0.2) is 53.5 Å². The van der Waals surface area contributed by atoms with Gasteiger partial charge in [0.1, 0.15) is 0 Å². The fourth-order valence-electron chi connectivity index (χ4n) is 1.51. The van der Waals surface area contributed by atoms with Crippen LogP contribution in [-0.2, 0) is 4.65 Å². The first-order chi connectivity index (χ1) is 7.63. The Bertz CT molecular complexity index is 297. The van der Waals surface area contributed by atoms with Gasteiger partial charge in [0.2, 0.25) is 0 Å². The van der Waals surface area contributed by atoms with Crippen LogP contribution in [0.15, 0.2) is 11.5 Å². The first-order valence-electron chi connectivity index (χ1n) is 6.09. The van der Waals surface area contributed by atoms with Crippen molar-refractivity contribution in [2.45, 2.75) is 45.3 Å². The highest BCUT2D eigenvalue weighted by molar-refractivity contribution is 6.52. The third-order valence-electron chi connectivity index (χ3n) is 3.64. The van der Waals surface area contributed by atoms with Crippen LogP contribution < -0.4 is 0 Å². The molecule has 0 aromatic heterocycles. The van der Waals surface area contributed by atoms with Gasteiger partial charge in [0.25, 0.3) is 0 Å². The second kappa shape index (κ2) is 5.10. The standard InChI is InChI=1S/C12H24BNO3/c1-11(2,15)12(3,4)17-13(16)10-6-8-14(5)9-7-10/h6,15-16H,7-9H2,1-5H3. The summed E-state index contributed by atoms with van der Waals surface area (Å²) < 4.78 is 5.60. The Balaban J connectivity index is 2.64. The molecule has 1 aliphatic rings. The summed E-state index contributed by atoms with van der Waals surface area (Å²) in [7, 11) is 1.12. The summed E-state index contributed by atoms with van der Waals surface area (Å²) in [6.07, 6.45) is 2.80. The summed E-state index contributed by atoms with van der Waals surface area (Å²) in [4.78, 5) is 2.18. The molecule has 1 rings (SSSR count). The van der Waals surface area contributed by atoms with Gasteiger partial charge in [-0.2, -0.15) is 0 Å². The highest BCUT2D eigenvalue weighted by Gasteiger charge is 2.40. The number of nitrogens with zero attached hydrogens (tertiary/aromatic N) is 1. The molecule has 0 aliphatic carbocycles. The van der Waals surface area contributed by atoms with E-state index in [1.165, 1.54) is 0 Å². The molecule has 1 aliphatic heterocycles. The van der Waals surface area contributed by atoms with Crippen LogP contribution in [0, 0.1) is 0 Å². The molecule has 1 heterocycles. The van der Waals surface area contributed by atoms with Crippen molar-refractivity contribution in [3.05, 3.63) is 11.5 Å². The zero-order chi connectivity index (χ0) is 13.3. The Kier molecular flexibility index (Phi) is 4.41. The van der Waals surface area contributed by atoms with E-state index in [0.717, 1.165) is 25.0 Å². The van der Waals surface area contributed by atoms with Gasteiger partial charge in [-0.3, -0.25) is 0 Å². The summed E-state index contributed by atoms with van der Waals surface area (Å²) in [6, 6.07) is 0. The number of rotatable bonds is 4. The Morgan fingerprint density at radius 1 is 1.35 bits per heavy atom. The van der Waals surface area contributed by atoms with Gasteiger partial charge in [-0.1, -0.05) is 6.08 Å². The molecule has 0 bridgehead atoms. The highest BCUT2D eigenvalue weighted by atomic mass is 16.5. The monoisotopic (exact) mass is 241 g/mol. The average Bonchev–Trinajstić information content (AvgIpc) is 2.16. The van der Waals surface area contributed by atoms with Gasteiger partial charge in [0, 0.05) is 13.1 Å². The molecule has 98 valence electrons. The van der Waals surface area contributed by atoms with E-state index in [1.807, 2.05) is 13.1 Å². The minimum Gasteiger partial charge on any atom is -0.423 e. The molecule has 5 heteroatoms. The van der Waals surface area contributed by atoms with Crippen LogP contribution in [0.4, 0.5) is 0 Å². The van der Waals surface area contributed by atoms with Crippen LogP contribution in [0.1, 0.15) is 34.1 Å². The van der Waals surface area contributed by atoms with Crippen molar-refractivity contribution in [1.82, 2.24) is 4.90 Å². The fraction of sp³-hybridized carbons (Fsp3) is 0.833. The van der Waals surface area contributed by atoms with E-state index < -0.39 is 18.3 Å². The molecule has 2 N–H and O–H groups in total. The Morgan fingerprint density at radius 2 is 1.94 bits per heavy atom. The average molecular weight is 241 g/mol. The number of aliphatic hydroxyl groups is 1. The highest BCUT2D eigenvalue weighted by Crippen LogP contribution is 2.27. The van der Waals surface area contributed by atoms with Crippen LogP contribution in [0.5, 0.6) is 0 Å². The van der Waals surface area contributed by atoms with E-state index in [4.69, 9.17) is 4.65 Å². The zero-order valence-corrected chi connectivity index (χ0v) is 11.5. The number of hydrogen-bond donors (Lipinski definition) is 2. The lowest BCUT2D eigenvalue weighted by molar-refractivity contribution is -0.0990. The van der Waals surface area contributed by atoms with Gasteiger partial charge in [-0.05, 0) is 46.6 Å². The topological polar surface area (TPSA) is 52.9 Å². The van der Waals surface area contributed by atoms with Crippen molar-refractivity contribution in [3.8, 4) is 0 Å². The maximum absolute atomic E-state index is 10.0. The molecular formula is C12H24BNO3. The third kappa shape index (κ3) is 3.81. The summed E-state index contributed by atoms with van der Waals surface area (Å²) in [6.45, 7) is 8.69. The summed E-state index contributed by atoms with van der Waals surface area (Å²) in [5, 5.41) is 20.0. The molecule has 0 amide bonds. The van der Waals surface area contributed by atoms with Crippen LogP contribution >= 0.6 is 0 Å². The van der Waals surface area contributed by atoms with Gasteiger partial charge >= 0.3 is 7.12 Å². The lowest BCUT2D eigenvalue weighted by atomic mass is 9.73. The quantitative estimate of drug-likeness (QED) is 0.716. The van der Waals surface area contributed by atoms with E-state index in [-0.39, 0.29) is 0 Å². The molecule has 0 aromatic carbocycles. The minimum atomic E-state index is -1.00. The molecule has 0 saturated heterocycles. The van der Waals surface area contributed by atoms with Gasteiger partial charge < -0.3 is 19.7 Å². The van der Waals surface area contributed by atoms with Crippen LogP contribution in [0.3, 0.4) is 0 Å². The lowest BCUT2D eigenvalue weighted by Gasteiger charge is -2.39. The molecule has 0 fully saturated rings. The molecule has 0 unspecified atom stereocenters. The van der Waals surface area contributed by atoms with Gasteiger partial charge in [-0.15, -0.1) is 0 Å². The molecule has 0 spiro atoms. The van der Waals surface area contributed by atoms with E-state index in [9.17, 15) is 10.1 Å².